The SMILES string of the molecule is Cc1nc2ccccc2n(Cc2sccc2Br)c1=O. The molecule has 3 nitrogen and oxygen atoms in total. The molecule has 1 aromatic carbocycles. The zero-order valence-electron chi connectivity index (χ0n) is 10.3. The van der Waals surface area contributed by atoms with Gasteiger partial charge in [-0.15, -0.1) is 11.3 Å². The van der Waals surface area contributed by atoms with E-state index in [1.54, 1.807) is 22.8 Å². The number of halogens is 1. The first-order chi connectivity index (χ1) is 9.16. The molecule has 0 saturated heterocycles. The van der Waals surface area contributed by atoms with Crippen molar-refractivity contribution in [3.05, 3.63) is 61.1 Å². The number of aromatic nitrogens is 2. The number of para-hydroxylation sites is 2. The molecule has 0 saturated carbocycles. The molecule has 3 aromatic rings. The minimum absolute atomic E-state index is 0.0287. The molecule has 0 N–H and O–H groups in total. The van der Waals surface area contributed by atoms with Gasteiger partial charge in [0.2, 0.25) is 0 Å². The number of thiophene rings is 1. The second-order valence-electron chi connectivity index (χ2n) is 4.27. The maximum Gasteiger partial charge on any atom is 0.272 e. The van der Waals surface area contributed by atoms with Crippen molar-refractivity contribution in [1.82, 2.24) is 9.55 Å². The highest BCUT2D eigenvalue weighted by Gasteiger charge is 2.10. The molecule has 19 heavy (non-hydrogen) atoms. The zero-order chi connectivity index (χ0) is 13.4. The van der Waals surface area contributed by atoms with Gasteiger partial charge in [-0.3, -0.25) is 9.36 Å². The standard InChI is InChI=1S/C14H11BrN2OS/c1-9-14(18)17(8-13-10(15)6-7-19-13)12-5-3-2-4-11(12)16-9/h2-7H,8H2,1H3. The quantitative estimate of drug-likeness (QED) is 0.718. The Bertz CT molecular complexity index is 807. The summed E-state index contributed by atoms with van der Waals surface area (Å²) in [6.07, 6.45) is 0. The maximum atomic E-state index is 12.3. The van der Waals surface area contributed by atoms with Crippen LogP contribution < -0.4 is 5.56 Å². The van der Waals surface area contributed by atoms with Gasteiger partial charge in [0, 0.05) is 9.35 Å². The Morgan fingerprint density at radius 3 is 2.84 bits per heavy atom. The van der Waals surface area contributed by atoms with E-state index < -0.39 is 0 Å². The third-order valence-corrected chi connectivity index (χ3v) is 4.92. The van der Waals surface area contributed by atoms with E-state index in [0.29, 0.717) is 12.2 Å². The summed E-state index contributed by atoms with van der Waals surface area (Å²) in [5.74, 6) is 0. The molecule has 0 spiro atoms. The van der Waals surface area contributed by atoms with Crippen LogP contribution in [0.5, 0.6) is 0 Å². The Labute approximate surface area is 122 Å². The Morgan fingerprint density at radius 1 is 1.32 bits per heavy atom. The van der Waals surface area contributed by atoms with Crippen LogP contribution >= 0.6 is 27.3 Å². The van der Waals surface area contributed by atoms with Gasteiger partial charge in [0.1, 0.15) is 5.69 Å². The normalized spacial score (nSPS) is 11.1. The summed E-state index contributed by atoms with van der Waals surface area (Å²) in [6.45, 7) is 2.33. The Morgan fingerprint density at radius 2 is 2.11 bits per heavy atom. The fourth-order valence-corrected chi connectivity index (χ4v) is 3.52. The zero-order valence-corrected chi connectivity index (χ0v) is 12.7. The predicted molar refractivity (Wildman–Crippen MR) is 81.9 cm³/mol. The third kappa shape index (κ3) is 2.24. The van der Waals surface area contributed by atoms with Crippen LogP contribution in [0.3, 0.4) is 0 Å². The first-order valence-electron chi connectivity index (χ1n) is 5.85. The summed E-state index contributed by atoms with van der Waals surface area (Å²) in [5, 5.41) is 2.01. The van der Waals surface area contributed by atoms with Gasteiger partial charge in [0.25, 0.3) is 5.56 Å². The highest BCUT2D eigenvalue weighted by atomic mass is 79.9. The van der Waals surface area contributed by atoms with E-state index in [1.165, 1.54) is 0 Å². The van der Waals surface area contributed by atoms with E-state index in [1.807, 2.05) is 35.7 Å². The summed E-state index contributed by atoms with van der Waals surface area (Å²) in [5.41, 5.74) is 2.23. The lowest BCUT2D eigenvalue weighted by Gasteiger charge is -2.10. The fourth-order valence-electron chi connectivity index (χ4n) is 2.06. The number of aryl methyl sites for hydroxylation is 1. The molecule has 0 bridgehead atoms. The van der Waals surface area contributed by atoms with Crippen molar-refractivity contribution >= 4 is 38.3 Å². The Balaban J connectivity index is 2.24. The van der Waals surface area contributed by atoms with Gasteiger partial charge in [-0.1, -0.05) is 12.1 Å². The van der Waals surface area contributed by atoms with Crippen molar-refractivity contribution in [3.63, 3.8) is 0 Å². The molecular formula is C14H11BrN2OS. The molecule has 0 aliphatic carbocycles. The average molecular weight is 335 g/mol. The van der Waals surface area contributed by atoms with E-state index >= 15 is 0 Å². The van der Waals surface area contributed by atoms with Gasteiger partial charge < -0.3 is 0 Å². The van der Waals surface area contributed by atoms with E-state index in [9.17, 15) is 4.79 Å². The van der Waals surface area contributed by atoms with Crippen molar-refractivity contribution in [2.24, 2.45) is 0 Å². The minimum Gasteiger partial charge on any atom is -0.300 e. The van der Waals surface area contributed by atoms with Crippen molar-refractivity contribution in [1.29, 1.82) is 0 Å². The van der Waals surface area contributed by atoms with Crippen LogP contribution in [0, 0.1) is 6.92 Å². The van der Waals surface area contributed by atoms with E-state index in [-0.39, 0.29) is 5.56 Å². The molecule has 0 radical (unpaired) electrons. The van der Waals surface area contributed by atoms with Crippen LogP contribution in [-0.2, 0) is 6.54 Å². The summed E-state index contributed by atoms with van der Waals surface area (Å²) in [7, 11) is 0. The molecule has 0 atom stereocenters. The largest absolute Gasteiger partial charge is 0.300 e. The van der Waals surface area contributed by atoms with Crippen molar-refractivity contribution in [3.8, 4) is 0 Å². The molecule has 5 heteroatoms. The molecule has 2 heterocycles. The van der Waals surface area contributed by atoms with E-state index in [0.717, 1.165) is 20.4 Å². The van der Waals surface area contributed by atoms with Gasteiger partial charge in [-0.05, 0) is 46.4 Å². The number of fused-ring (bicyclic) bond motifs is 1. The summed E-state index contributed by atoms with van der Waals surface area (Å²) in [4.78, 5) is 17.8. The summed E-state index contributed by atoms with van der Waals surface area (Å²) in [6, 6.07) is 9.73. The maximum absolute atomic E-state index is 12.3. The number of hydrogen-bond acceptors (Lipinski definition) is 3. The first-order valence-corrected chi connectivity index (χ1v) is 7.52. The minimum atomic E-state index is -0.0287. The van der Waals surface area contributed by atoms with Crippen LogP contribution in [0.2, 0.25) is 0 Å². The third-order valence-electron chi connectivity index (χ3n) is 3.01. The molecule has 0 unspecified atom stereocenters. The van der Waals surface area contributed by atoms with Crippen LogP contribution in [0.1, 0.15) is 10.6 Å². The van der Waals surface area contributed by atoms with E-state index in [2.05, 4.69) is 20.9 Å². The second-order valence-corrected chi connectivity index (χ2v) is 6.12. The molecular weight excluding hydrogens is 324 g/mol. The first kappa shape index (κ1) is 12.6. The monoisotopic (exact) mass is 334 g/mol. The topological polar surface area (TPSA) is 34.9 Å². The van der Waals surface area contributed by atoms with Crippen LogP contribution in [-0.4, -0.2) is 9.55 Å². The molecule has 3 rings (SSSR count). The number of benzene rings is 1. The highest BCUT2D eigenvalue weighted by Crippen LogP contribution is 2.24. The predicted octanol–water partition coefficient (Wildman–Crippen LogP) is 3.58. The summed E-state index contributed by atoms with van der Waals surface area (Å²) < 4.78 is 2.83. The van der Waals surface area contributed by atoms with Gasteiger partial charge in [-0.2, -0.15) is 0 Å². The van der Waals surface area contributed by atoms with Crippen molar-refractivity contribution in [2.45, 2.75) is 13.5 Å². The van der Waals surface area contributed by atoms with Gasteiger partial charge >= 0.3 is 0 Å². The van der Waals surface area contributed by atoms with Gasteiger partial charge in [-0.25, -0.2) is 4.98 Å². The number of nitrogens with zero attached hydrogens (tertiary/aromatic N) is 2. The van der Waals surface area contributed by atoms with Crippen LogP contribution in [0.15, 0.2) is 45.0 Å². The van der Waals surface area contributed by atoms with Gasteiger partial charge in [0.05, 0.1) is 17.6 Å². The van der Waals surface area contributed by atoms with Crippen molar-refractivity contribution in [2.75, 3.05) is 0 Å². The Hall–Kier alpha value is -1.46. The lowest BCUT2D eigenvalue weighted by atomic mass is 10.2. The molecule has 0 aliphatic heterocycles. The number of hydrogen-bond donors (Lipinski definition) is 0. The Kier molecular flexibility index (Phi) is 3.24. The van der Waals surface area contributed by atoms with Crippen molar-refractivity contribution < 1.29 is 0 Å². The van der Waals surface area contributed by atoms with E-state index in [4.69, 9.17) is 0 Å². The lowest BCUT2D eigenvalue weighted by molar-refractivity contribution is 0.785. The average Bonchev–Trinajstić information content (AvgIpc) is 2.80. The molecule has 0 amide bonds. The highest BCUT2D eigenvalue weighted by molar-refractivity contribution is 9.10. The number of rotatable bonds is 2. The molecule has 0 fully saturated rings. The van der Waals surface area contributed by atoms with Gasteiger partial charge in [0.15, 0.2) is 0 Å². The smallest absolute Gasteiger partial charge is 0.272 e. The fraction of sp³-hybridized carbons (Fsp3) is 0.143. The lowest BCUT2D eigenvalue weighted by Crippen LogP contribution is -2.24. The van der Waals surface area contributed by atoms with Crippen LogP contribution in [0.25, 0.3) is 11.0 Å². The van der Waals surface area contributed by atoms with Crippen LogP contribution in [0.4, 0.5) is 0 Å². The second kappa shape index (κ2) is 4.90. The molecule has 0 aliphatic rings. The summed E-state index contributed by atoms with van der Waals surface area (Å²) >= 11 is 5.15. The molecule has 96 valence electrons. The molecule has 2 aromatic heterocycles.